The summed E-state index contributed by atoms with van der Waals surface area (Å²) in [5, 5.41) is 0. The Balaban J connectivity index is 2.50. The molecule has 1 aromatic carbocycles. The van der Waals surface area contributed by atoms with Crippen molar-refractivity contribution in [3.05, 3.63) is 53.4 Å². The predicted octanol–water partition coefficient (Wildman–Crippen LogP) is 3.87. The van der Waals surface area contributed by atoms with E-state index in [-0.39, 0.29) is 5.82 Å². The Labute approximate surface area is 83.8 Å². The quantitative estimate of drug-likeness (QED) is 0.627. The molecule has 0 fully saturated rings. The van der Waals surface area contributed by atoms with Gasteiger partial charge in [0.15, 0.2) is 0 Å². The molecule has 1 heteroatoms. The molecule has 0 aromatic heterocycles. The van der Waals surface area contributed by atoms with E-state index in [0.29, 0.717) is 0 Å². The molecule has 0 aliphatic heterocycles. The third-order valence-corrected chi connectivity index (χ3v) is 2.51. The van der Waals surface area contributed by atoms with Gasteiger partial charge in [0.1, 0.15) is 5.82 Å². The Bertz CT molecular complexity index is 379. The van der Waals surface area contributed by atoms with Crippen LogP contribution in [0, 0.1) is 12.7 Å². The molecule has 1 aliphatic rings. The van der Waals surface area contributed by atoms with Gasteiger partial charge < -0.3 is 0 Å². The number of allylic oxidation sites excluding steroid dienone is 4. The molecular weight excluding hydrogens is 175 g/mol. The number of halogens is 1. The van der Waals surface area contributed by atoms with Gasteiger partial charge in [-0.2, -0.15) is 0 Å². The second-order valence-corrected chi connectivity index (χ2v) is 3.57. The largest absolute Gasteiger partial charge is 0.206 e. The van der Waals surface area contributed by atoms with Gasteiger partial charge in [0, 0.05) is 5.56 Å². The molecule has 0 saturated carbocycles. The molecule has 0 spiro atoms. The lowest BCUT2D eigenvalue weighted by Crippen LogP contribution is -1.94. The molecule has 1 aromatic rings. The lowest BCUT2D eigenvalue weighted by atomic mass is 9.95. The highest BCUT2D eigenvalue weighted by atomic mass is 19.1. The van der Waals surface area contributed by atoms with Gasteiger partial charge in [0.05, 0.1) is 0 Å². The summed E-state index contributed by atoms with van der Waals surface area (Å²) < 4.78 is 13.6. The van der Waals surface area contributed by atoms with E-state index >= 15 is 0 Å². The number of hydrogen-bond donors (Lipinski definition) is 0. The SMILES string of the molecule is Cc1cccc(F)c1C1=CCCC=C1. The van der Waals surface area contributed by atoms with Crippen LogP contribution in [0.3, 0.4) is 0 Å². The Morgan fingerprint density at radius 2 is 2.07 bits per heavy atom. The summed E-state index contributed by atoms with van der Waals surface area (Å²) in [5.74, 6) is -0.122. The summed E-state index contributed by atoms with van der Waals surface area (Å²) in [6.45, 7) is 1.95. The Morgan fingerprint density at radius 1 is 1.21 bits per heavy atom. The zero-order valence-corrected chi connectivity index (χ0v) is 8.26. The van der Waals surface area contributed by atoms with E-state index in [4.69, 9.17) is 0 Å². The van der Waals surface area contributed by atoms with Gasteiger partial charge in [-0.3, -0.25) is 0 Å². The summed E-state index contributed by atoms with van der Waals surface area (Å²) in [6.07, 6.45) is 8.29. The van der Waals surface area contributed by atoms with Crippen LogP contribution in [-0.2, 0) is 0 Å². The van der Waals surface area contributed by atoms with Crippen LogP contribution < -0.4 is 0 Å². The van der Waals surface area contributed by atoms with Gasteiger partial charge in [0.25, 0.3) is 0 Å². The molecule has 0 amide bonds. The molecule has 0 nitrogen and oxygen atoms in total. The number of rotatable bonds is 1. The minimum Gasteiger partial charge on any atom is -0.206 e. The first-order chi connectivity index (χ1) is 6.79. The average Bonchev–Trinajstić information content (AvgIpc) is 2.19. The highest BCUT2D eigenvalue weighted by Gasteiger charge is 2.09. The van der Waals surface area contributed by atoms with E-state index in [0.717, 1.165) is 29.5 Å². The highest BCUT2D eigenvalue weighted by Crippen LogP contribution is 2.26. The van der Waals surface area contributed by atoms with E-state index in [2.05, 4.69) is 12.2 Å². The highest BCUT2D eigenvalue weighted by molar-refractivity contribution is 5.76. The Morgan fingerprint density at radius 3 is 2.71 bits per heavy atom. The third kappa shape index (κ3) is 1.63. The van der Waals surface area contributed by atoms with E-state index < -0.39 is 0 Å². The van der Waals surface area contributed by atoms with Crippen LogP contribution in [-0.4, -0.2) is 0 Å². The number of benzene rings is 1. The first kappa shape index (κ1) is 9.20. The fraction of sp³-hybridized carbons (Fsp3) is 0.231. The molecule has 0 radical (unpaired) electrons. The van der Waals surface area contributed by atoms with Crippen molar-refractivity contribution < 1.29 is 4.39 Å². The first-order valence-corrected chi connectivity index (χ1v) is 4.91. The summed E-state index contributed by atoms with van der Waals surface area (Å²) in [7, 11) is 0. The Kier molecular flexibility index (Phi) is 2.49. The second-order valence-electron chi connectivity index (χ2n) is 3.57. The second kappa shape index (κ2) is 3.79. The minimum atomic E-state index is -0.122. The van der Waals surface area contributed by atoms with Crippen LogP contribution in [0.2, 0.25) is 0 Å². The molecule has 14 heavy (non-hydrogen) atoms. The van der Waals surface area contributed by atoms with Crippen molar-refractivity contribution in [2.24, 2.45) is 0 Å². The van der Waals surface area contributed by atoms with Crippen molar-refractivity contribution in [3.63, 3.8) is 0 Å². The van der Waals surface area contributed by atoms with E-state index in [1.807, 2.05) is 19.1 Å². The maximum atomic E-state index is 13.6. The summed E-state index contributed by atoms with van der Waals surface area (Å²) in [4.78, 5) is 0. The molecule has 0 atom stereocenters. The molecule has 0 heterocycles. The molecule has 0 saturated heterocycles. The molecule has 2 rings (SSSR count). The first-order valence-electron chi connectivity index (χ1n) is 4.91. The van der Waals surface area contributed by atoms with Crippen LogP contribution >= 0.6 is 0 Å². The van der Waals surface area contributed by atoms with Gasteiger partial charge in [-0.1, -0.05) is 30.4 Å². The molecule has 0 N–H and O–H groups in total. The van der Waals surface area contributed by atoms with Crippen molar-refractivity contribution in [1.82, 2.24) is 0 Å². The summed E-state index contributed by atoms with van der Waals surface area (Å²) in [5.41, 5.74) is 2.78. The smallest absolute Gasteiger partial charge is 0.131 e. The lowest BCUT2D eigenvalue weighted by molar-refractivity contribution is 0.623. The van der Waals surface area contributed by atoms with Crippen LogP contribution in [0.4, 0.5) is 4.39 Å². The van der Waals surface area contributed by atoms with Gasteiger partial charge in [-0.15, -0.1) is 0 Å². The molecular formula is C13H13F. The molecule has 1 aliphatic carbocycles. The molecule has 0 bridgehead atoms. The van der Waals surface area contributed by atoms with Crippen LogP contribution in [0.15, 0.2) is 36.4 Å². The fourth-order valence-corrected chi connectivity index (χ4v) is 1.80. The van der Waals surface area contributed by atoms with Crippen molar-refractivity contribution in [2.45, 2.75) is 19.8 Å². The van der Waals surface area contributed by atoms with E-state index in [9.17, 15) is 4.39 Å². The lowest BCUT2D eigenvalue weighted by Gasteiger charge is -2.10. The average molecular weight is 188 g/mol. The molecule has 72 valence electrons. The van der Waals surface area contributed by atoms with Gasteiger partial charge in [0.2, 0.25) is 0 Å². The van der Waals surface area contributed by atoms with Crippen LogP contribution in [0.5, 0.6) is 0 Å². The molecule has 0 unspecified atom stereocenters. The number of aryl methyl sites for hydroxylation is 1. The summed E-state index contributed by atoms with van der Waals surface area (Å²) >= 11 is 0. The third-order valence-electron chi connectivity index (χ3n) is 2.51. The van der Waals surface area contributed by atoms with Crippen molar-refractivity contribution >= 4 is 5.57 Å². The zero-order chi connectivity index (χ0) is 9.97. The van der Waals surface area contributed by atoms with E-state index in [1.165, 1.54) is 6.07 Å². The van der Waals surface area contributed by atoms with Crippen LogP contribution in [0.1, 0.15) is 24.0 Å². The van der Waals surface area contributed by atoms with Crippen molar-refractivity contribution in [3.8, 4) is 0 Å². The number of hydrogen-bond acceptors (Lipinski definition) is 0. The summed E-state index contributed by atoms with van der Waals surface area (Å²) in [6, 6.07) is 5.22. The van der Waals surface area contributed by atoms with Gasteiger partial charge in [-0.25, -0.2) is 4.39 Å². The minimum absolute atomic E-state index is 0.122. The van der Waals surface area contributed by atoms with Crippen molar-refractivity contribution in [1.29, 1.82) is 0 Å². The van der Waals surface area contributed by atoms with Gasteiger partial charge in [-0.05, 0) is 37.0 Å². The van der Waals surface area contributed by atoms with Gasteiger partial charge >= 0.3 is 0 Å². The Hall–Kier alpha value is -1.37. The topological polar surface area (TPSA) is 0 Å². The van der Waals surface area contributed by atoms with E-state index in [1.54, 1.807) is 6.07 Å². The van der Waals surface area contributed by atoms with Crippen LogP contribution in [0.25, 0.3) is 5.57 Å². The predicted molar refractivity (Wildman–Crippen MR) is 57.5 cm³/mol. The maximum Gasteiger partial charge on any atom is 0.131 e. The fourth-order valence-electron chi connectivity index (χ4n) is 1.80. The normalized spacial score (nSPS) is 15.4. The standard InChI is InChI=1S/C13H13F/c1-10-6-5-9-12(14)13(10)11-7-3-2-4-8-11/h3,5-9H,2,4H2,1H3. The zero-order valence-electron chi connectivity index (χ0n) is 8.26. The van der Waals surface area contributed by atoms with Crippen molar-refractivity contribution in [2.75, 3.05) is 0 Å². The maximum absolute atomic E-state index is 13.6. The monoisotopic (exact) mass is 188 g/mol.